The summed E-state index contributed by atoms with van der Waals surface area (Å²) in [5.74, 6) is 0.822. The minimum absolute atomic E-state index is 0.0184. The maximum absolute atomic E-state index is 5.27. The van der Waals surface area contributed by atoms with E-state index < -0.39 is 0 Å². The maximum atomic E-state index is 5.27. The van der Waals surface area contributed by atoms with Crippen LogP contribution in [0, 0.1) is 0 Å². The normalized spacial score (nSPS) is 29.8. The molecule has 0 bridgehead atoms. The highest BCUT2D eigenvalue weighted by atomic mass is 16.7. The van der Waals surface area contributed by atoms with Gasteiger partial charge in [-0.3, -0.25) is 4.99 Å². The average molecular weight is 194 g/mol. The van der Waals surface area contributed by atoms with Crippen molar-refractivity contribution >= 4 is 11.4 Å². The Bertz CT molecular complexity index is 331. The summed E-state index contributed by atoms with van der Waals surface area (Å²) in [6.07, 6.45) is 2.70. The molecule has 0 amide bonds. The number of dihydropyridines is 1. The van der Waals surface area contributed by atoms with Crippen LogP contribution in [0.4, 0.5) is 0 Å². The molecule has 4 heteroatoms. The number of nitrogens with zero attached hydrogens (tertiary/aromatic N) is 2. The number of oxime groups is 1. The highest BCUT2D eigenvalue weighted by Crippen LogP contribution is 2.26. The van der Waals surface area contributed by atoms with E-state index in [-0.39, 0.29) is 12.1 Å². The quantitative estimate of drug-likeness (QED) is 0.669. The molecule has 2 rings (SSSR count). The SMILES string of the molecule is CCC1=NC2C(C)=NOC2C(OC)=C1. The number of allylic oxidation sites excluding steroid dienone is 1. The summed E-state index contributed by atoms with van der Waals surface area (Å²) in [7, 11) is 1.65. The number of hydrogen-bond donors (Lipinski definition) is 0. The van der Waals surface area contributed by atoms with E-state index in [1.807, 2.05) is 13.0 Å². The first kappa shape index (κ1) is 9.24. The van der Waals surface area contributed by atoms with Crippen LogP contribution in [0.25, 0.3) is 0 Å². The molecule has 14 heavy (non-hydrogen) atoms. The molecule has 2 heterocycles. The topological polar surface area (TPSA) is 43.2 Å². The van der Waals surface area contributed by atoms with E-state index in [1.165, 1.54) is 0 Å². The molecule has 0 fully saturated rings. The average Bonchev–Trinajstić information content (AvgIpc) is 2.59. The summed E-state index contributed by atoms with van der Waals surface area (Å²) in [6.45, 7) is 4.01. The zero-order valence-electron chi connectivity index (χ0n) is 8.65. The lowest BCUT2D eigenvalue weighted by molar-refractivity contribution is 0.0587. The Kier molecular flexibility index (Phi) is 2.27. The van der Waals surface area contributed by atoms with Gasteiger partial charge in [0.05, 0.1) is 12.8 Å². The van der Waals surface area contributed by atoms with Crippen LogP contribution in [0.3, 0.4) is 0 Å². The molecular weight excluding hydrogens is 180 g/mol. The van der Waals surface area contributed by atoms with Crippen molar-refractivity contribution in [2.75, 3.05) is 7.11 Å². The predicted octanol–water partition coefficient (Wildman–Crippen LogP) is 1.52. The van der Waals surface area contributed by atoms with Crippen LogP contribution in [0.1, 0.15) is 20.3 Å². The van der Waals surface area contributed by atoms with Crippen molar-refractivity contribution in [3.63, 3.8) is 0 Å². The molecular formula is C10H14N2O2. The molecule has 0 aromatic carbocycles. The second-order valence-electron chi connectivity index (χ2n) is 3.43. The Morgan fingerprint density at radius 2 is 2.36 bits per heavy atom. The van der Waals surface area contributed by atoms with Crippen molar-refractivity contribution in [1.29, 1.82) is 0 Å². The zero-order chi connectivity index (χ0) is 10.1. The molecule has 0 spiro atoms. The molecule has 0 aromatic rings. The molecule has 0 aromatic heterocycles. The van der Waals surface area contributed by atoms with Crippen molar-refractivity contribution in [1.82, 2.24) is 0 Å². The van der Waals surface area contributed by atoms with E-state index in [0.717, 1.165) is 23.6 Å². The Morgan fingerprint density at radius 1 is 1.57 bits per heavy atom. The molecule has 76 valence electrons. The lowest BCUT2D eigenvalue weighted by atomic mass is 10.0. The molecule has 2 atom stereocenters. The van der Waals surface area contributed by atoms with Gasteiger partial charge in [0, 0.05) is 11.8 Å². The summed E-state index contributed by atoms with van der Waals surface area (Å²) in [4.78, 5) is 9.80. The smallest absolute Gasteiger partial charge is 0.211 e. The highest BCUT2D eigenvalue weighted by Gasteiger charge is 2.37. The van der Waals surface area contributed by atoms with E-state index in [0.29, 0.717) is 0 Å². The van der Waals surface area contributed by atoms with Gasteiger partial charge in [0.2, 0.25) is 6.10 Å². The largest absolute Gasteiger partial charge is 0.497 e. The van der Waals surface area contributed by atoms with Crippen molar-refractivity contribution in [2.24, 2.45) is 10.1 Å². The monoisotopic (exact) mass is 194 g/mol. The third kappa shape index (κ3) is 1.31. The van der Waals surface area contributed by atoms with Gasteiger partial charge in [-0.05, 0) is 13.3 Å². The van der Waals surface area contributed by atoms with E-state index in [1.54, 1.807) is 7.11 Å². The lowest BCUT2D eigenvalue weighted by Crippen LogP contribution is -2.33. The lowest BCUT2D eigenvalue weighted by Gasteiger charge is -2.21. The first-order valence-electron chi connectivity index (χ1n) is 4.78. The molecule has 0 saturated carbocycles. The third-order valence-electron chi connectivity index (χ3n) is 2.52. The minimum atomic E-state index is -0.143. The minimum Gasteiger partial charge on any atom is -0.497 e. The number of rotatable bonds is 2. The zero-order valence-corrected chi connectivity index (χ0v) is 8.65. The van der Waals surface area contributed by atoms with Gasteiger partial charge in [0.15, 0.2) is 0 Å². The fourth-order valence-electron chi connectivity index (χ4n) is 1.67. The van der Waals surface area contributed by atoms with Gasteiger partial charge in [-0.2, -0.15) is 0 Å². The standard InChI is InChI=1S/C10H14N2O2/c1-4-7-5-8(13-3)10-9(11-7)6(2)12-14-10/h5,9-10H,4H2,1-3H3. The van der Waals surface area contributed by atoms with E-state index >= 15 is 0 Å². The van der Waals surface area contributed by atoms with E-state index in [9.17, 15) is 0 Å². The molecule has 2 aliphatic rings. The Morgan fingerprint density at radius 3 is 3.00 bits per heavy atom. The number of ether oxygens (including phenoxy) is 1. The van der Waals surface area contributed by atoms with Crippen LogP contribution in [0.2, 0.25) is 0 Å². The Labute approximate surface area is 83.3 Å². The van der Waals surface area contributed by atoms with Gasteiger partial charge < -0.3 is 9.57 Å². The van der Waals surface area contributed by atoms with Gasteiger partial charge in [0.25, 0.3) is 0 Å². The summed E-state index contributed by atoms with van der Waals surface area (Å²) >= 11 is 0. The number of fused-ring (bicyclic) bond motifs is 1. The van der Waals surface area contributed by atoms with Gasteiger partial charge >= 0.3 is 0 Å². The second kappa shape index (κ2) is 3.44. The van der Waals surface area contributed by atoms with Crippen LogP contribution in [-0.4, -0.2) is 30.7 Å². The van der Waals surface area contributed by atoms with Crippen LogP contribution < -0.4 is 0 Å². The van der Waals surface area contributed by atoms with Crippen molar-refractivity contribution in [3.8, 4) is 0 Å². The molecule has 0 saturated heterocycles. The van der Waals surface area contributed by atoms with Crippen molar-refractivity contribution < 1.29 is 9.57 Å². The van der Waals surface area contributed by atoms with Gasteiger partial charge in [0.1, 0.15) is 11.8 Å². The molecule has 0 aliphatic carbocycles. The second-order valence-corrected chi connectivity index (χ2v) is 3.43. The highest BCUT2D eigenvalue weighted by molar-refractivity contribution is 6.00. The van der Waals surface area contributed by atoms with Crippen LogP contribution in [0.15, 0.2) is 22.0 Å². The summed E-state index contributed by atoms with van der Waals surface area (Å²) in [6, 6.07) is 0.0184. The van der Waals surface area contributed by atoms with Crippen LogP contribution >= 0.6 is 0 Å². The molecule has 4 nitrogen and oxygen atoms in total. The fraction of sp³-hybridized carbons (Fsp3) is 0.600. The first-order valence-corrected chi connectivity index (χ1v) is 4.78. The van der Waals surface area contributed by atoms with Gasteiger partial charge in [-0.1, -0.05) is 12.1 Å². The third-order valence-corrected chi connectivity index (χ3v) is 2.52. The maximum Gasteiger partial charge on any atom is 0.211 e. The van der Waals surface area contributed by atoms with E-state index in [4.69, 9.17) is 9.57 Å². The number of aliphatic imine (C=N–C) groups is 1. The van der Waals surface area contributed by atoms with Gasteiger partial charge in [-0.15, -0.1) is 0 Å². The van der Waals surface area contributed by atoms with E-state index in [2.05, 4.69) is 17.1 Å². The first-order chi connectivity index (χ1) is 6.76. The molecule has 0 radical (unpaired) electrons. The number of hydrogen-bond acceptors (Lipinski definition) is 4. The molecule has 2 aliphatic heterocycles. The fourth-order valence-corrected chi connectivity index (χ4v) is 1.67. The molecule has 2 unspecified atom stereocenters. The number of methoxy groups -OCH3 is 1. The van der Waals surface area contributed by atoms with Crippen molar-refractivity contribution in [3.05, 3.63) is 11.8 Å². The van der Waals surface area contributed by atoms with Crippen molar-refractivity contribution in [2.45, 2.75) is 32.4 Å². The predicted molar refractivity (Wildman–Crippen MR) is 54.6 cm³/mol. The summed E-state index contributed by atoms with van der Waals surface area (Å²) < 4.78 is 5.27. The van der Waals surface area contributed by atoms with Crippen LogP contribution in [-0.2, 0) is 9.57 Å². The van der Waals surface area contributed by atoms with Gasteiger partial charge in [-0.25, -0.2) is 0 Å². The summed E-state index contributed by atoms with van der Waals surface area (Å²) in [5, 5.41) is 3.94. The Hall–Kier alpha value is -1.32. The molecule has 0 N–H and O–H groups in total. The summed E-state index contributed by atoms with van der Waals surface area (Å²) in [5.41, 5.74) is 1.96. The van der Waals surface area contributed by atoms with Crippen LogP contribution in [0.5, 0.6) is 0 Å². The Balaban J connectivity index is 2.31.